The molecular weight excluding hydrogens is 568 g/mol. The summed E-state index contributed by atoms with van der Waals surface area (Å²) in [5.41, 5.74) is 11.0. The van der Waals surface area contributed by atoms with Gasteiger partial charge >= 0.3 is 0 Å². The molecule has 3 aromatic rings. The van der Waals surface area contributed by atoms with Gasteiger partial charge in [-0.15, -0.1) is 0 Å². The van der Waals surface area contributed by atoms with Crippen molar-refractivity contribution in [1.29, 1.82) is 0 Å². The Morgan fingerprint density at radius 2 is 1.51 bits per heavy atom. The smallest absolute Gasteiger partial charge is 0.205 e. The van der Waals surface area contributed by atoms with Crippen molar-refractivity contribution in [2.24, 2.45) is 5.41 Å². The van der Waals surface area contributed by atoms with Crippen molar-refractivity contribution in [2.75, 3.05) is 18.0 Å². The highest BCUT2D eigenvalue weighted by Gasteiger charge is 2.43. The third-order valence-corrected chi connectivity index (χ3v) is 10.4. The summed E-state index contributed by atoms with van der Waals surface area (Å²) in [5, 5.41) is 3.41. The lowest BCUT2D eigenvalue weighted by Gasteiger charge is -2.26. The van der Waals surface area contributed by atoms with Crippen molar-refractivity contribution in [1.82, 2.24) is 0 Å². The second-order valence-electron chi connectivity index (χ2n) is 13.2. The number of likely N-dealkylation sites (N-methyl/N-ethyl adjacent to an activating group) is 2. The van der Waals surface area contributed by atoms with Gasteiger partial charge in [0.2, 0.25) is 5.70 Å². The first-order chi connectivity index (χ1) is 21.6. The summed E-state index contributed by atoms with van der Waals surface area (Å²) in [7, 11) is 0. The fourth-order valence-corrected chi connectivity index (χ4v) is 7.49. The van der Waals surface area contributed by atoms with Crippen LogP contribution in [0.1, 0.15) is 59.6 Å². The van der Waals surface area contributed by atoms with Crippen LogP contribution in [0.25, 0.3) is 16.8 Å². The van der Waals surface area contributed by atoms with E-state index in [1.54, 1.807) is 0 Å². The van der Waals surface area contributed by atoms with Gasteiger partial charge in [-0.3, -0.25) is 0 Å². The van der Waals surface area contributed by atoms with Crippen LogP contribution in [0.2, 0.25) is 0 Å². The van der Waals surface area contributed by atoms with E-state index in [1.807, 2.05) is 0 Å². The van der Waals surface area contributed by atoms with Crippen LogP contribution >= 0.6 is 11.6 Å². The number of rotatable bonds is 7. The second kappa shape index (κ2) is 12.0. The summed E-state index contributed by atoms with van der Waals surface area (Å²) in [6, 6.07) is 23.8. The average Bonchev–Trinajstić information content (AvgIpc) is 3.57. The third kappa shape index (κ3) is 5.30. The lowest BCUT2D eigenvalue weighted by Crippen LogP contribution is -2.25. The first kappa shape index (κ1) is 30.9. The van der Waals surface area contributed by atoms with Gasteiger partial charge in [0.1, 0.15) is 6.54 Å². The van der Waals surface area contributed by atoms with Gasteiger partial charge in [0.05, 0.1) is 10.4 Å². The number of anilines is 1. The molecule has 0 bridgehead atoms. The monoisotopic (exact) mass is 611 g/mol. The van der Waals surface area contributed by atoms with Crippen molar-refractivity contribution < 1.29 is 4.58 Å². The molecule has 6 rings (SSSR count). The van der Waals surface area contributed by atoms with E-state index in [-0.39, 0.29) is 10.8 Å². The molecule has 2 nitrogen and oxygen atoms in total. The van der Waals surface area contributed by atoms with E-state index in [9.17, 15) is 0 Å². The maximum absolute atomic E-state index is 7.05. The van der Waals surface area contributed by atoms with Gasteiger partial charge in [0, 0.05) is 41.1 Å². The number of fused-ring (bicyclic) bond motifs is 3. The van der Waals surface area contributed by atoms with Crippen LogP contribution in [0, 0.1) is 5.41 Å². The number of benzene rings is 3. The minimum atomic E-state index is -0.129. The summed E-state index contributed by atoms with van der Waals surface area (Å²) >= 11 is 7.05. The lowest BCUT2D eigenvalue weighted by atomic mass is 9.81. The molecule has 0 atom stereocenters. The molecule has 3 heteroatoms. The predicted octanol–water partition coefficient (Wildman–Crippen LogP) is 10.9. The van der Waals surface area contributed by atoms with E-state index < -0.39 is 0 Å². The van der Waals surface area contributed by atoms with Crippen molar-refractivity contribution in [3.8, 4) is 0 Å². The number of hydrogen-bond acceptors (Lipinski definition) is 1. The second-order valence-corrected chi connectivity index (χ2v) is 13.5. The molecule has 3 aliphatic rings. The first-order valence-corrected chi connectivity index (χ1v) is 16.5. The highest BCUT2D eigenvalue weighted by molar-refractivity contribution is 6.33. The molecule has 0 saturated heterocycles. The van der Waals surface area contributed by atoms with Crippen LogP contribution in [-0.2, 0) is 5.41 Å². The Kier molecular flexibility index (Phi) is 8.22. The topological polar surface area (TPSA) is 6.25 Å². The van der Waals surface area contributed by atoms with Gasteiger partial charge in [0.25, 0.3) is 0 Å². The maximum atomic E-state index is 7.05. The molecule has 45 heavy (non-hydrogen) atoms. The Morgan fingerprint density at radius 1 is 0.778 bits per heavy atom. The minimum absolute atomic E-state index is 0.0852. The number of halogens is 1. The Balaban J connectivity index is 1.31. The predicted molar refractivity (Wildman–Crippen MR) is 195 cm³/mol. The van der Waals surface area contributed by atoms with E-state index in [0.29, 0.717) is 0 Å². The third-order valence-electron chi connectivity index (χ3n) is 9.95. The first-order valence-electron chi connectivity index (χ1n) is 16.2. The molecule has 0 radical (unpaired) electrons. The normalized spacial score (nSPS) is 20.9. The maximum Gasteiger partial charge on any atom is 0.205 e. The molecular formula is C42H44ClN2+. The van der Waals surface area contributed by atoms with Crippen LogP contribution in [-0.4, -0.2) is 23.4 Å². The molecule has 0 unspecified atom stereocenters. The molecule has 0 aromatic heterocycles. The molecule has 2 heterocycles. The molecule has 228 valence electrons. The van der Waals surface area contributed by atoms with Gasteiger partial charge < -0.3 is 4.90 Å². The lowest BCUT2D eigenvalue weighted by molar-refractivity contribution is -0.465. The molecule has 0 amide bonds. The van der Waals surface area contributed by atoms with E-state index >= 15 is 0 Å². The van der Waals surface area contributed by atoms with Crippen LogP contribution in [0.5, 0.6) is 0 Å². The van der Waals surface area contributed by atoms with Crippen LogP contribution in [0.15, 0.2) is 142 Å². The van der Waals surface area contributed by atoms with Gasteiger partial charge in [-0.25, -0.2) is 0 Å². The van der Waals surface area contributed by atoms with E-state index in [0.717, 1.165) is 29.3 Å². The van der Waals surface area contributed by atoms with Gasteiger partial charge in [-0.05, 0) is 92.0 Å². The van der Waals surface area contributed by atoms with Gasteiger partial charge in [-0.1, -0.05) is 104 Å². The summed E-state index contributed by atoms with van der Waals surface area (Å²) in [6.07, 6.45) is 17.7. The molecule has 0 fully saturated rings. The fourth-order valence-electron chi connectivity index (χ4n) is 7.24. The fraction of sp³-hybridized carbons (Fsp3) is 0.262. The number of hydrogen-bond donors (Lipinski definition) is 0. The Labute approximate surface area is 274 Å². The van der Waals surface area contributed by atoms with Crippen molar-refractivity contribution in [2.45, 2.75) is 53.9 Å². The van der Waals surface area contributed by atoms with Crippen molar-refractivity contribution in [3.05, 3.63) is 154 Å². The number of nitrogens with zero attached hydrogens (tertiary/aromatic N) is 2. The molecule has 2 aliphatic heterocycles. The molecule has 0 spiro atoms. The summed E-state index contributed by atoms with van der Waals surface area (Å²) in [5.74, 6) is 0. The summed E-state index contributed by atoms with van der Waals surface area (Å²) in [6.45, 7) is 17.8. The SMILES string of the molecule is CCN1/C(=C/C=C2\C=CC(/C=C/C3=[N+](CC)C(/C=C\c4ccccc4)=C(C)C3(C)C)=C2Cl)C(C)(C)c2c1ccc1ccccc21. The van der Waals surface area contributed by atoms with Crippen LogP contribution < -0.4 is 4.90 Å². The molecule has 0 N–H and O–H groups in total. The van der Waals surface area contributed by atoms with Gasteiger partial charge in [-0.2, -0.15) is 4.58 Å². The zero-order chi connectivity index (χ0) is 31.9. The summed E-state index contributed by atoms with van der Waals surface area (Å²) in [4.78, 5) is 2.45. The van der Waals surface area contributed by atoms with Crippen LogP contribution in [0.4, 0.5) is 5.69 Å². The Bertz CT molecular complexity index is 1920. The minimum Gasteiger partial charge on any atom is -0.344 e. The largest absolute Gasteiger partial charge is 0.344 e. The van der Waals surface area contributed by atoms with Crippen molar-refractivity contribution >= 4 is 39.8 Å². The van der Waals surface area contributed by atoms with Crippen molar-refractivity contribution in [3.63, 3.8) is 0 Å². The van der Waals surface area contributed by atoms with E-state index in [4.69, 9.17) is 11.6 Å². The molecule has 3 aromatic carbocycles. The zero-order valence-corrected chi connectivity index (χ0v) is 28.4. The number of allylic oxidation sites excluding steroid dienone is 12. The Morgan fingerprint density at radius 3 is 2.24 bits per heavy atom. The molecule has 0 saturated carbocycles. The zero-order valence-electron chi connectivity index (χ0n) is 27.7. The quantitative estimate of drug-likeness (QED) is 0.241. The van der Waals surface area contributed by atoms with E-state index in [1.165, 1.54) is 50.3 Å². The summed E-state index contributed by atoms with van der Waals surface area (Å²) < 4.78 is 2.43. The van der Waals surface area contributed by atoms with E-state index in [2.05, 4.69) is 173 Å². The Hall–Kier alpha value is -4.14. The van der Waals surface area contributed by atoms with Crippen LogP contribution in [0.3, 0.4) is 0 Å². The average molecular weight is 612 g/mol. The highest BCUT2D eigenvalue weighted by Crippen LogP contribution is 2.50. The standard InChI is InChI=1S/C42H44ClN2/c1-8-44-35(25-19-30-15-11-10-12-16-30)29(3)41(4,5)37(44)27-23-32-20-21-33(40(32)43)24-28-38-42(6,7)39-34-18-14-13-17-31(34)22-26-36(39)45(38)9-2/h10-28H,8-9H2,1-7H3/q+1/b25-19-. The molecule has 1 aliphatic carbocycles. The van der Waals surface area contributed by atoms with Gasteiger partial charge in [0.15, 0.2) is 5.71 Å². The highest BCUT2D eigenvalue weighted by atomic mass is 35.5.